The second-order valence-corrected chi connectivity index (χ2v) is 7.75. The highest BCUT2D eigenvalue weighted by molar-refractivity contribution is 14.0. The van der Waals surface area contributed by atoms with Crippen molar-refractivity contribution in [2.45, 2.75) is 52.5 Å². The summed E-state index contributed by atoms with van der Waals surface area (Å²) in [4.78, 5) is 32.4. The number of likely N-dealkylation sites (tertiary alicyclic amines) is 1. The van der Waals surface area contributed by atoms with Crippen LogP contribution < -0.4 is 10.6 Å². The molecule has 150 valence electrons. The number of hydrogen-bond donors (Lipinski definition) is 2. The minimum Gasteiger partial charge on any atom is -0.356 e. The molecule has 2 saturated heterocycles. The maximum Gasteiger partial charge on any atom is 0.325 e. The molecule has 0 aromatic carbocycles. The molecule has 2 fully saturated rings. The Morgan fingerprint density at radius 2 is 1.92 bits per heavy atom. The Morgan fingerprint density at radius 1 is 1.31 bits per heavy atom. The van der Waals surface area contributed by atoms with Crippen molar-refractivity contribution in [3.05, 3.63) is 0 Å². The predicted molar refractivity (Wildman–Crippen MR) is 115 cm³/mol. The Kier molecular flexibility index (Phi) is 8.62. The fraction of sp³-hybridized carbons (Fsp3) is 0.833. The van der Waals surface area contributed by atoms with Gasteiger partial charge in [0.25, 0.3) is 5.91 Å². The molecule has 2 heterocycles. The summed E-state index contributed by atoms with van der Waals surface area (Å²) < 4.78 is 0. The summed E-state index contributed by atoms with van der Waals surface area (Å²) in [6, 6.07) is -0.280. The molecule has 2 N–H and O–H groups in total. The van der Waals surface area contributed by atoms with Crippen molar-refractivity contribution >= 4 is 41.9 Å². The van der Waals surface area contributed by atoms with Crippen LogP contribution in [0.4, 0.5) is 4.79 Å². The van der Waals surface area contributed by atoms with Gasteiger partial charge >= 0.3 is 6.03 Å². The van der Waals surface area contributed by atoms with E-state index in [4.69, 9.17) is 0 Å². The lowest BCUT2D eigenvalue weighted by Crippen LogP contribution is -2.49. The van der Waals surface area contributed by atoms with E-state index in [9.17, 15) is 9.59 Å². The van der Waals surface area contributed by atoms with Gasteiger partial charge in [0.2, 0.25) is 0 Å². The van der Waals surface area contributed by atoms with Crippen molar-refractivity contribution in [1.29, 1.82) is 0 Å². The van der Waals surface area contributed by atoms with Gasteiger partial charge in [0.05, 0.1) is 0 Å². The van der Waals surface area contributed by atoms with Crippen LogP contribution in [0.3, 0.4) is 0 Å². The van der Waals surface area contributed by atoms with Gasteiger partial charge in [-0.15, -0.1) is 24.0 Å². The SMILES string of the molecule is CCC1(C)NC(=O)N(CCCNC(=NC)N2CC(C)CC(C)C2)C1=O.I. The molecule has 2 rings (SSSR count). The standard InChI is InChI=1S/C18H33N5O2.HI/c1-6-18(4)15(24)23(17(25)21-18)9-7-8-20-16(19-5)22-11-13(2)10-14(3)12-22;/h13-14H,6-12H2,1-5H3,(H,19,20)(H,21,25);1H. The first-order valence-electron chi connectivity index (χ1n) is 9.40. The van der Waals surface area contributed by atoms with Gasteiger partial charge < -0.3 is 15.5 Å². The lowest BCUT2D eigenvalue weighted by atomic mass is 9.92. The summed E-state index contributed by atoms with van der Waals surface area (Å²) in [5.74, 6) is 2.12. The molecule has 3 atom stereocenters. The molecule has 0 aliphatic carbocycles. The number of piperidine rings is 1. The Bertz CT molecular complexity index is 532. The van der Waals surface area contributed by atoms with Crippen LogP contribution in [0.1, 0.15) is 47.0 Å². The number of nitrogens with zero attached hydrogens (tertiary/aromatic N) is 3. The Balaban J connectivity index is 0.00000338. The number of amides is 3. The average Bonchev–Trinajstić information content (AvgIpc) is 2.77. The predicted octanol–water partition coefficient (Wildman–Crippen LogP) is 2.27. The van der Waals surface area contributed by atoms with Gasteiger partial charge in [-0.3, -0.25) is 14.7 Å². The Morgan fingerprint density at radius 3 is 2.42 bits per heavy atom. The number of rotatable bonds is 5. The normalized spacial score (nSPS) is 29.5. The highest BCUT2D eigenvalue weighted by Gasteiger charge is 2.45. The first-order chi connectivity index (χ1) is 11.8. The van der Waals surface area contributed by atoms with E-state index in [1.807, 2.05) is 6.92 Å². The highest BCUT2D eigenvalue weighted by atomic mass is 127. The topological polar surface area (TPSA) is 77.0 Å². The summed E-state index contributed by atoms with van der Waals surface area (Å²) in [5, 5.41) is 6.16. The first-order valence-corrected chi connectivity index (χ1v) is 9.40. The number of carbonyl (C=O) groups is 2. The maximum absolute atomic E-state index is 12.4. The van der Waals surface area contributed by atoms with E-state index in [1.165, 1.54) is 11.3 Å². The van der Waals surface area contributed by atoms with Crippen molar-refractivity contribution in [3.63, 3.8) is 0 Å². The van der Waals surface area contributed by atoms with Crippen LogP contribution in [0.5, 0.6) is 0 Å². The lowest BCUT2D eigenvalue weighted by Gasteiger charge is -2.37. The van der Waals surface area contributed by atoms with Gasteiger partial charge in [-0.1, -0.05) is 20.8 Å². The first kappa shape index (κ1) is 23.0. The summed E-state index contributed by atoms with van der Waals surface area (Å²) in [6.07, 6.45) is 2.57. The van der Waals surface area contributed by atoms with Crippen molar-refractivity contribution in [2.24, 2.45) is 16.8 Å². The molecule has 0 aromatic heterocycles. The zero-order chi connectivity index (χ0) is 18.6. The summed E-state index contributed by atoms with van der Waals surface area (Å²) >= 11 is 0. The average molecular weight is 479 g/mol. The number of hydrogen-bond acceptors (Lipinski definition) is 3. The largest absolute Gasteiger partial charge is 0.356 e. The van der Waals surface area contributed by atoms with Crippen LogP contribution >= 0.6 is 24.0 Å². The Labute approximate surface area is 174 Å². The number of guanidine groups is 1. The van der Waals surface area contributed by atoms with E-state index in [1.54, 1.807) is 14.0 Å². The number of imide groups is 1. The number of aliphatic imine (C=N–C) groups is 1. The monoisotopic (exact) mass is 479 g/mol. The molecule has 26 heavy (non-hydrogen) atoms. The van der Waals surface area contributed by atoms with Crippen LogP contribution in [0.2, 0.25) is 0 Å². The molecular weight excluding hydrogens is 445 g/mol. The van der Waals surface area contributed by atoms with Crippen LogP contribution in [0.25, 0.3) is 0 Å². The summed E-state index contributed by atoms with van der Waals surface area (Å²) in [6.45, 7) is 11.4. The molecule has 0 bridgehead atoms. The fourth-order valence-electron chi connectivity index (χ4n) is 3.80. The van der Waals surface area contributed by atoms with Crippen molar-refractivity contribution in [1.82, 2.24) is 20.4 Å². The number of carbonyl (C=O) groups excluding carboxylic acids is 2. The molecule has 2 aliphatic rings. The van der Waals surface area contributed by atoms with E-state index in [-0.39, 0.29) is 35.9 Å². The van der Waals surface area contributed by atoms with Crippen LogP contribution in [-0.4, -0.2) is 66.5 Å². The molecule has 0 radical (unpaired) electrons. The lowest BCUT2D eigenvalue weighted by molar-refractivity contribution is -0.130. The van der Waals surface area contributed by atoms with Gasteiger partial charge in [-0.2, -0.15) is 0 Å². The highest BCUT2D eigenvalue weighted by Crippen LogP contribution is 2.22. The number of halogens is 1. The third kappa shape index (κ3) is 5.23. The van der Waals surface area contributed by atoms with Gasteiger partial charge in [0, 0.05) is 33.2 Å². The van der Waals surface area contributed by atoms with Gasteiger partial charge in [-0.05, 0) is 38.0 Å². The molecule has 0 spiro atoms. The molecule has 3 unspecified atom stereocenters. The van der Waals surface area contributed by atoms with Crippen LogP contribution in [-0.2, 0) is 4.79 Å². The van der Waals surface area contributed by atoms with Crippen molar-refractivity contribution in [2.75, 3.05) is 33.2 Å². The molecule has 0 saturated carbocycles. The minimum atomic E-state index is -0.749. The van der Waals surface area contributed by atoms with E-state index < -0.39 is 5.54 Å². The van der Waals surface area contributed by atoms with E-state index in [2.05, 4.69) is 34.4 Å². The third-order valence-electron chi connectivity index (χ3n) is 5.27. The fourth-order valence-corrected chi connectivity index (χ4v) is 3.80. The van der Waals surface area contributed by atoms with Crippen LogP contribution in [0, 0.1) is 11.8 Å². The van der Waals surface area contributed by atoms with E-state index >= 15 is 0 Å². The zero-order valence-corrected chi connectivity index (χ0v) is 19.0. The van der Waals surface area contributed by atoms with Gasteiger partial charge in [-0.25, -0.2) is 4.79 Å². The summed E-state index contributed by atoms with van der Waals surface area (Å²) in [5.41, 5.74) is -0.749. The maximum atomic E-state index is 12.4. The minimum absolute atomic E-state index is 0. The number of nitrogens with one attached hydrogen (secondary N) is 2. The van der Waals surface area contributed by atoms with Crippen molar-refractivity contribution < 1.29 is 9.59 Å². The van der Waals surface area contributed by atoms with E-state index in [0.29, 0.717) is 37.8 Å². The second-order valence-electron chi connectivity index (χ2n) is 7.75. The molecule has 8 heteroatoms. The van der Waals surface area contributed by atoms with Crippen molar-refractivity contribution in [3.8, 4) is 0 Å². The molecule has 0 aromatic rings. The van der Waals surface area contributed by atoms with Gasteiger partial charge in [0.15, 0.2) is 5.96 Å². The quantitative estimate of drug-likeness (QED) is 0.209. The summed E-state index contributed by atoms with van der Waals surface area (Å²) in [7, 11) is 1.80. The second kappa shape index (κ2) is 9.75. The molecular formula is C18H34IN5O2. The third-order valence-corrected chi connectivity index (χ3v) is 5.27. The number of urea groups is 1. The van der Waals surface area contributed by atoms with E-state index in [0.717, 1.165) is 19.0 Å². The van der Waals surface area contributed by atoms with Gasteiger partial charge in [0.1, 0.15) is 5.54 Å². The molecule has 3 amide bonds. The zero-order valence-electron chi connectivity index (χ0n) is 16.7. The van der Waals surface area contributed by atoms with Crippen LogP contribution in [0.15, 0.2) is 4.99 Å². The smallest absolute Gasteiger partial charge is 0.325 e. The molecule has 7 nitrogen and oxygen atoms in total. The molecule has 2 aliphatic heterocycles. The Hall–Kier alpha value is -1.06.